The molecule has 0 saturated carbocycles. The summed E-state index contributed by atoms with van der Waals surface area (Å²) in [6, 6.07) is 0. The van der Waals surface area contributed by atoms with Gasteiger partial charge in [0.1, 0.15) is 0 Å². The average Bonchev–Trinajstić information content (AvgIpc) is 2.03. The van der Waals surface area contributed by atoms with E-state index in [1.54, 1.807) is 0 Å². The number of carboxylic acid groups (broad SMARTS) is 1. The molecule has 0 radical (unpaired) electrons. The molecule has 1 heterocycles. The lowest BCUT2D eigenvalue weighted by molar-refractivity contribution is -0.165. The van der Waals surface area contributed by atoms with Gasteiger partial charge in [0.2, 0.25) is 0 Å². The Morgan fingerprint density at radius 3 is 2.83 bits per heavy atom. The van der Waals surface area contributed by atoms with E-state index in [4.69, 9.17) is 9.84 Å². The van der Waals surface area contributed by atoms with Crippen LogP contribution in [0.5, 0.6) is 0 Å². The predicted molar refractivity (Wildman–Crippen MR) is 41.8 cm³/mol. The minimum Gasteiger partial charge on any atom is -0.479 e. The third-order valence-corrected chi connectivity index (χ3v) is 2.24. The summed E-state index contributed by atoms with van der Waals surface area (Å²) in [5, 5.41) is 17.9. The standard InChI is InChI=1S/C8H14O4/c1-2-5-3-6(9)4-12-7(5)8(10)11/h5-7,9H,2-4H2,1H3,(H,10,11). The molecule has 3 atom stereocenters. The van der Waals surface area contributed by atoms with E-state index in [1.807, 2.05) is 6.92 Å². The van der Waals surface area contributed by atoms with E-state index >= 15 is 0 Å². The third kappa shape index (κ3) is 1.95. The molecule has 70 valence electrons. The Kier molecular flexibility index (Phi) is 3.05. The van der Waals surface area contributed by atoms with Crippen molar-refractivity contribution in [1.82, 2.24) is 0 Å². The number of aliphatic hydroxyl groups excluding tert-OH is 1. The summed E-state index contributed by atoms with van der Waals surface area (Å²) in [5.74, 6) is -0.972. The predicted octanol–water partition coefficient (Wildman–Crippen LogP) is 0.247. The molecule has 2 N–H and O–H groups in total. The van der Waals surface area contributed by atoms with Crippen LogP contribution < -0.4 is 0 Å². The molecule has 4 heteroatoms. The molecule has 0 aliphatic carbocycles. The molecule has 0 amide bonds. The lowest BCUT2D eigenvalue weighted by Crippen LogP contribution is -2.41. The highest BCUT2D eigenvalue weighted by atomic mass is 16.5. The lowest BCUT2D eigenvalue weighted by Gasteiger charge is -2.30. The molecular formula is C8H14O4. The van der Waals surface area contributed by atoms with Gasteiger partial charge in [-0.1, -0.05) is 13.3 Å². The Balaban J connectivity index is 2.56. The third-order valence-electron chi connectivity index (χ3n) is 2.24. The Morgan fingerprint density at radius 2 is 2.33 bits per heavy atom. The van der Waals surface area contributed by atoms with Gasteiger partial charge in [-0.3, -0.25) is 0 Å². The highest BCUT2D eigenvalue weighted by Gasteiger charge is 2.33. The Bertz CT molecular complexity index is 168. The Hall–Kier alpha value is -0.610. The average molecular weight is 174 g/mol. The molecule has 0 bridgehead atoms. The van der Waals surface area contributed by atoms with Crippen molar-refractivity contribution in [3.05, 3.63) is 0 Å². The smallest absolute Gasteiger partial charge is 0.333 e. The van der Waals surface area contributed by atoms with Gasteiger partial charge in [-0.25, -0.2) is 4.79 Å². The summed E-state index contributed by atoms with van der Waals surface area (Å²) in [7, 11) is 0. The van der Waals surface area contributed by atoms with Gasteiger partial charge in [0, 0.05) is 0 Å². The van der Waals surface area contributed by atoms with E-state index in [1.165, 1.54) is 0 Å². The van der Waals surface area contributed by atoms with Crippen LogP contribution in [0.2, 0.25) is 0 Å². The van der Waals surface area contributed by atoms with Crippen molar-refractivity contribution < 1.29 is 19.7 Å². The zero-order valence-electron chi connectivity index (χ0n) is 7.06. The van der Waals surface area contributed by atoms with Crippen molar-refractivity contribution in [3.63, 3.8) is 0 Å². The number of carboxylic acids is 1. The number of ether oxygens (including phenoxy) is 1. The van der Waals surface area contributed by atoms with Gasteiger partial charge < -0.3 is 14.9 Å². The first kappa shape index (κ1) is 9.48. The van der Waals surface area contributed by atoms with Crippen LogP contribution in [-0.4, -0.2) is 35.0 Å². The first-order valence-electron chi connectivity index (χ1n) is 4.17. The molecule has 4 nitrogen and oxygen atoms in total. The van der Waals surface area contributed by atoms with Crippen molar-refractivity contribution in [2.45, 2.75) is 32.0 Å². The van der Waals surface area contributed by atoms with E-state index < -0.39 is 18.2 Å². The summed E-state index contributed by atoms with van der Waals surface area (Å²) >= 11 is 0. The fourth-order valence-corrected chi connectivity index (χ4v) is 1.55. The Labute approximate surface area is 71.2 Å². The maximum absolute atomic E-state index is 10.6. The van der Waals surface area contributed by atoms with Gasteiger partial charge in [-0.05, 0) is 12.3 Å². The summed E-state index contributed by atoms with van der Waals surface area (Å²) in [6.07, 6.45) is 0.0468. The van der Waals surface area contributed by atoms with Crippen LogP contribution in [0.25, 0.3) is 0 Å². The molecule has 1 fully saturated rings. The van der Waals surface area contributed by atoms with E-state index in [0.29, 0.717) is 6.42 Å². The molecule has 0 spiro atoms. The highest BCUT2D eigenvalue weighted by Crippen LogP contribution is 2.23. The zero-order chi connectivity index (χ0) is 9.14. The molecule has 3 unspecified atom stereocenters. The minimum absolute atomic E-state index is 0.0498. The molecule has 0 aromatic rings. The first-order chi connectivity index (χ1) is 5.65. The van der Waals surface area contributed by atoms with Crippen LogP contribution >= 0.6 is 0 Å². The van der Waals surface area contributed by atoms with Gasteiger partial charge in [-0.2, -0.15) is 0 Å². The van der Waals surface area contributed by atoms with Gasteiger partial charge >= 0.3 is 5.97 Å². The summed E-state index contributed by atoms with van der Waals surface area (Å²) in [4.78, 5) is 10.6. The second-order valence-corrected chi connectivity index (χ2v) is 3.15. The number of rotatable bonds is 2. The van der Waals surface area contributed by atoms with Crippen molar-refractivity contribution in [3.8, 4) is 0 Å². The minimum atomic E-state index is -0.922. The van der Waals surface area contributed by atoms with Crippen molar-refractivity contribution >= 4 is 5.97 Å². The van der Waals surface area contributed by atoms with Crippen LogP contribution in [0.4, 0.5) is 0 Å². The van der Waals surface area contributed by atoms with Gasteiger partial charge in [0.25, 0.3) is 0 Å². The van der Waals surface area contributed by atoms with Crippen LogP contribution in [0.3, 0.4) is 0 Å². The molecule has 12 heavy (non-hydrogen) atoms. The normalized spacial score (nSPS) is 36.3. The molecular weight excluding hydrogens is 160 g/mol. The van der Waals surface area contributed by atoms with Crippen molar-refractivity contribution in [1.29, 1.82) is 0 Å². The molecule has 1 saturated heterocycles. The fourth-order valence-electron chi connectivity index (χ4n) is 1.55. The SMILES string of the molecule is CCC1CC(O)COC1C(=O)O. The number of carbonyl (C=O) groups is 1. The van der Waals surface area contributed by atoms with E-state index in [0.717, 1.165) is 6.42 Å². The molecule has 0 aromatic carbocycles. The maximum Gasteiger partial charge on any atom is 0.333 e. The Morgan fingerprint density at radius 1 is 1.67 bits per heavy atom. The number of hydrogen-bond acceptors (Lipinski definition) is 3. The topological polar surface area (TPSA) is 66.8 Å². The van der Waals surface area contributed by atoms with Gasteiger partial charge in [0.15, 0.2) is 6.10 Å². The number of aliphatic carboxylic acids is 1. The summed E-state index contributed by atoms with van der Waals surface area (Å²) in [5.41, 5.74) is 0. The second kappa shape index (κ2) is 3.87. The monoisotopic (exact) mass is 174 g/mol. The molecule has 1 aliphatic rings. The van der Waals surface area contributed by atoms with E-state index in [9.17, 15) is 9.90 Å². The zero-order valence-corrected chi connectivity index (χ0v) is 7.06. The van der Waals surface area contributed by atoms with Crippen molar-refractivity contribution in [2.24, 2.45) is 5.92 Å². The maximum atomic E-state index is 10.6. The summed E-state index contributed by atoms with van der Waals surface area (Å²) < 4.78 is 5.01. The van der Waals surface area contributed by atoms with Crippen molar-refractivity contribution in [2.75, 3.05) is 6.61 Å². The largest absolute Gasteiger partial charge is 0.479 e. The molecule has 0 aromatic heterocycles. The number of hydrogen-bond donors (Lipinski definition) is 2. The quantitative estimate of drug-likeness (QED) is 0.629. The van der Waals surface area contributed by atoms with Crippen LogP contribution in [0, 0.1) is 5.92 Å². The highest BCUT2D eigenvalue weighted by molar-refractivity contribution is 5.72. The van der Waals surface area contributed by atoms with Crippen LogP contribution in [0.15, 0.2) is 0 Å². The molecule has 1 rings (SSSR count). The molecule has 1 aliphatic heterocycles. The van der Waals surface area contributed by atoms with Crippen LogP contribution in [-0.2, 0) is 9.53 Å². The van der Waals surface area contributed by atoms with E-state index in [2.05, 4.69) is 0 Å². The first-order valence-corrected chi connectivity index (χ1v) is 4.17. The van der Waals surface area contributed by atoms with Gasteiger partial charge in [0.05, 0.1) is 12.7 Å². The summed E-state index contributed by atoms with van der Waals surface area (Å²) in [6.45, 7) is 2.05. The fraction of sp³-hybridized carbons (Fsp3) is 0.875. The van der Waals surface area contributed by atoms with E-state index in [-0.39, 0.29) is 12.5 Å². The second-order valence-electron chi connectivity index (χ2n) is 3.15. The van der Waals surface area contributed by atoms with Gasteiger partial charge in [-0.15, -0.1) is 0 Å². The van der Waals surface area contributed by atoms with Crippen LogP contribution in [0.1, 0.15) is 19.8 Å². The number of aliphatic hydroxyl groups is 1. The lowest BCUT2D eigenvalue weighted by atomic mass is 9.90.